The van der Waals surface area contributed by atoms with Crippen LogP contribution in [0.3, 0.4) is 0 Å². The molecule has 1 unspecified atom stereocenters. The van der Waals surface area contributed by atoms with Gasteiger partial charge in [-0.2, -0.15) is 0 Å². The average Bonchev–Trinajstić information content (AvgIpc) is 3.17. The topological polar surface area (TPSA) is 85.3 Å². The standard InChI is InChI=1S/C28H25Cl2NO6/c1-4-13-37-18-12-8-11-17(14-18)31-23(16-9-6-5-7-10-16)21(25(33)28(31)34)24(32)19-15-20(29)27(36-3)22(30)26(19)35-2/h5-12,14-15,23,32H,4,13H2,1-3H3/b24-21+. The number of hydrogen-bond donors (Lipinski definition) is 1. The third-order valence-electron chi connectivity index (χ3n) is 5.92. The van der Waals surface area contributed by atoms with Gasteiger partial charge in [-0.05, 0) is 30.2 Å². The first kappa shape index (κ1) is 26.4. The Bertz CT molecular complexity index is 1370. The molecule has 1 amide bonds. The Morgan fingerprint density at radius 3 is 2.32 bits per heavy atom. The lowest BCUT2D eigenvalue weighted by atomic mass is 9.94. The van der Waals surface area contributed by atoms with E-state index in [0.29, 0.717) is 23.6 Å². The van der Waals surface area contributed by atoms with Gasteiger partial charge in [0, 0.05) is 11.8 Å². The molecule has 4 rings (SSSR count). The number of hydrogen-bond acceptors (Lipinski definition) is 6. The highest BCUT2D eigenvalue weighted by atomic mass is 35.5. The predicted octanol–water partition coefficient (Wildman–Crippen LogP) is 6.43. The summed E-state index contributed by atoms with van der Waals surface area (Å²) >= 11 is 12.8. The first-order valence-corrected chi connectivity index (χ1v) is 12.3. The Balaban J connectivity index is 1.95. The second-order valence-corrected chi connectivity index (χ2v) is 9.00. The highest BCUT2D eigenvalue weighted by Gasteiger charge is 2.47. The number of amides is 1. The van der Waals surface area contributed by atoms with E-state index in [9.17, 15) is 14.7 Å². The molecule has 1 fully saturated rings. The van der Waals surface area contributed by atoms with Gasteiger partial charge in [0.2, 0.25) is 0 Å². The van der Waals surface area contributed by atoms with Crippen molar-refractivity contribution in [2.75, 3.05) is 25.7 Å². The van der Waals surface area contributed by atoms with Crippen molar-refractivity contribution in [1.29, 1.82) is 0 Å². The van der Waals surface area contributed by atoms with Gasteiger partial charge in [0.15, 0.2) is 11.5 Å². The van der Waals surface area contributed by atoms with E-state index in [1.807, 2.05) is 13.0 Å². The van der Waals surface area contributed by atoms with E-state index in [0.717, 1.165) is 6.42 Å². The van der Waals surface area contributed by atoms with Gasteiger partial charge in [0.05, 0.1) is 43.0 Å². The van der Waals surface area contributed by atoms with Gasteiger partial charge < -0.3 is 19.3 Å². The number of halogens is 2. The van der Waals surface area contributed by atoms with Gasteiger partial charge in [0.25, 0.3) is 11.7 Å². The Kier molecular flexibility index (Phi) is 7.95. The van der Waals surface area contributed by atoms with Crippen LogP contribution in [-0.4, -0.2) is 37.6 Å². The van der Waals surface area contributed by atoms with E-state index >= 15 is 0 Å². The molecule has 1 aliphatic heterocycles. The van der Waals surface area contributed by atoms with E-state index < -0.39 is 23.5 Å². The lowest BCUT2D eigenvalue weighted by Gasteiger charge is -2.26. The Morgan fingerprint density at radius 2 is 1.68 bits per heavy atom. The monoisotopic (exact) mass is 541 g/mol. The lowest BCUT2D eigenvalue weighted by molar-refractivity contribution is -0.132. The van der Waals surface area contributed by atoms with Crippen molar-refractivity contribution in [2.24, 2.45) is 0 Å². The molecular formula is C28H25Cl2NO6. The number of aliphatic hydroxyl groups excluding tert-OH is 1. The molecule has 192 valence electrons. The maximum Gasteiger partial charge on any atom is 0.300 e. The largest absolute Gasteiger partial charge is 0.507 e. The van der Waals surface area contributed by atoms with Crippen molar-refractivity contribution in [3.05, 3.63) is 87.4 Å². The minimum atomic E-state index is -0.938. The summed E-state index contributed by atoms with van der Waals surface area (Å²) in [6.07, 6.45) is 0.813. The van der Waals surface area contributed by atoms with E-state index in [1.54, 1.807) is 48.5 Å². The molecule has 0 saturated carbocycles. The number of anilines is 1. The van der Waals surface area contributed by atoms with Crippen LogP contribution in [0.4, 0.5) is 5.69 Å². The van der Waals surface area contributed by atoms with Crippen molar-refractivity contribution in [1.82, 2.24) is 0 Å². The number of ether oxygens (including phenoxy) is 3. The van der Waals surface area contributed by atoms with Crippen LogP contribution in [0.1, 0.15) is 30.5 Å². The van der Waals surface area contributed by atoms with Crippen LogP contribution in [0.5, 0.6) is 17.2 Å². The number of carbonyl (C=O) groups excluding carboxylic acids is 2. The molecule has 1 saturated heterocycles. The molecule has 37 heavy (non-hydrogen) atoms. The van der Waals surface area contributed by atoms with Gasteiger partial charge in [-0.25, -0.2) is 0 Å². The Morgan fingerprint density at radius 1 is 0.973 bits per heavy atom. The SMILES string of the molecule is CCCOc1cccc(N2C(=O)C(=O)/C(=C(/O)c3cc(Cl)c(OC)c(Cl)c3OC)C2c2ccccc2)c1. The fraction of sp³-hybridized carbons (Fsp3) is 0.214. The molecule has 3 aromatic rings. The fourth-order valence-corrected chi connectivity index (χ4v) is 4.97. The lowest BCUT2D eigenvalue weighted by Crippen LogP contribution is -2.29. The molecule has 3 aromatic carbocycles. The second-order valence-electron chi connectivity index (χ2n) is 8.21. The zero-order chi connectivity index (χ0) is 26.7. The molecule has 1 heterocycles. The summed E-state index contributed by atoms with van der Waals surface area (Å²) < 4.78 is 16.4. The van der Waals surface area contributed by atoms with Gasteiger partial charge in [-0.15, -0.1) is 0 Å². The molecular weight excluding hydrogens is 517 g/mol. The van der Waals surface area contributed by atoms with Gasteiger partial charge in [-0.1, -0.05) is 66.5 Å². The summed E-state index contributed by atoms with van der Waals surface area (Å²) in [6.45, 7) is 2.49. The van der Waals surface area contributed by atoms with Gasteiger partial charge >= 0.3 is 0 Å². The van der Waals surface area contributed by atoms with Crippen LogP contribution in [0, 0.1) is 0 Å². The van der Waals surface area contributed by atoms with E-state index in [-0.39, 0.29) is 32.7 Å². The number of methoxy groups -OCH3 is 2. The fourth-order valence-electron chi connectivity index (χ4n) is 4.28. The molecule has 1 aliphatic rings. The van der Waals surface area contributed by atoms with Crippen LogP contribution in [0.25, 0.3) is 5.76 Å². The number of nitrogens with zero attached hydrogens (tertiary/aromatic N) is 1. The smallest absolute Gasteiger partial charge is 0.300 e. The molecule has 0 bridgehead atoms. The van der Waals surface area contributed by atoms with E-state index in [2.05, 4.69) is 0 Å². The quantitative estimate of drug-likeness (QED) is 0.201. The second kappa shape index (κ2) is 11.2. The van der Waals surface area contributed by atoms with Gasteiger partial charge in [0.1, 0.15) is 16.5 Å². The summed E-state index contributed by atoms with van der Waals surface area (Å²) in [5.74, 6) is -1.38. The maximum absolute atomic E-state index is 13.5. The van der Waals surface area contributed by atoms with E-state index in [4.69, 9.17) is 37.4 Å². The molecule has 1 N–H and O–H groups in total. The van der Waals surface area contributed by atoms with Crippen molar-refractivity contribution in [3.8, 4) is 17.2 Å². The van der Waals surface area contributed by atoms with Crippen molar-refractivity contribution in [2.45, 2.75) is 19.4 Å². The van der Waals surface area contributed by atoms with Crippen LogP contribution in [-0.2, 0) is 9.59 Å². The summed E-state index contributed by atoms with van der Waals surface area (Å²) in [7, 11) is 2.76. The summed E-state index contributed by atoms with van der Waals surface area (Å²) in [4.78, 5) is 28.3. The van der Waals surface area contributed by atoms with Crippen molar-refractivity contribution < 1.29 is 28.9 Å². The molecule has 0 radical (unpaired) electrons. The summed E-state index contributed by atoms with van der Waals surface area (Å²) in [6, 6.07) is 16.3. The minimum absolute atomic E-state index is 0.0188. The highest BCUT2D eigenvalue weighted by Crippen LogP contribution is 2.48. The predicted molar refractivity (Wildman–Crippen MR) is 143 cm³/mol. The normalized spacial score (nSPS) is 16.7. The number of aliphatic hydroxyl groups is 1. The number of ketones is 1. The zero-order valence-electron chi connectivity index (χ0n) is 20.5. The third-order valence-corrected chi connectivity index (χ3v) is 6.55. The van der Waals surface area contributed by atoms with E-state index in [1.165, 1.54) is 25.2 Å². The summed E-state index contributed by atoms with van der Waals surface area (Å²) in [5, 5.41) is 11.6. The number of carbonyl (C=O) groups is 2. The van der Waals surface area contributed by atoms with Gasteiger partial charge in [-0.3, -0.25) is 14.5 Å². The molecule has 7 nitrogen and oxygen atoms in total. The summed E-state index contributed by atoms with van der Waals surface area (Å²) in [5.41, 5.74) is 0.984. The number of rotatable bonds is 8. The van der Waals surface area contributed by atoms with Crippen molar-refractivity contribution in [3.63, 3.8) is 0 Å². The highest BCUT2D eigenvalue weighted by molar-refractivity contribution is 6.52. The maximum atomic E-state index is 13.5. The Labute approximate surface area is 224 Å². The van der Waals surface area contributed by atoms with Crippen LogP contribution >= 0.6 is 23.2 Å². The van der Waals surface area contributed by atoms with Crippen molar-refractivity contribution >= 4 is 46.3 Å². The minimum Gasteiger partial charge on any atom is -0.507 e. The first-order valence-electron chi connectivity index (χ1n) is 11.5. The van der Waals surface area contributed by atoms with Crippen LogP contribution < -0.4 is 19.1 Å². The Hall–Kier alpha value is -3.68. The average molecular weight is 542 g/mol. The number of benzene rings is 3. The number of Topliss-reactive ketones (excluding diaryl/α,β-unsaturated/α-hetero) is 1. The molecule has 0 spiro atoms. The third kappa shape index (κ3) is 4.84. The molecule has 1 atom stereocenters. The molecule has 9 heteroatoms. The molecule has 0 aliphatic carbocycles. The zero-order valence-corrected chi connectivity index (χ0v) is 22.0. The molecule has 0 aromatic heterocycles. The van der Waals surface area contributed by atoms with Crippen LogP contribution in [0.2, 0.25) is 10.0 Å². The van der Waals surface area contributed by atoms with Crippen LogP contribution in [0.15, 0.2) is 66.2 Å². The first-order chi connectivity index (χ1) is 17.8.